The maximum absolute atomic E-state index is 11.6. The third-order valence-electron chi connectivity index (χ3n) is 3.77. The Kier molecular flexibility index (Phi) is 5.01. The zero-order chi connectivity index (χ0) is 18.1. The number of fused-ring (bicyclic) bond motifs is 1. The topological polar surface area (TPSA) is 70.8 Å². The van der Waals surface area contributed by atoms with Gasteiger partial charge in [-0.25, -0.2) is 0 Å². The molecule has 1 aliphatic heterocycles. The molecule has 3 rings (SSSR count). The lowest BCUT2D eigenvalue weighted by Gasteiger charge is -2.24. The molecule has 0 aliphatic carbocycles. The highest BCUT2D eigenvalue weighted by Crippen LogP contribution is 2.44. The number of benzene rings is 2. The van der Waals surface area contributed by atoms with E-state index in [-0.39, 0.29) is 5.70 Å². The third kappa shape index (κ3) is 3.36. The van der Waals surface area contributed by atoms with Gasteiger partial charge in [-0.3, -0.25) is 10.1 Å². The summed E-state index contributed by atoms with van der Waals surface area (Å²) in [5.41, 5.74) is 1.18. The number of ether oxygens (including phenoxy) is 3. The Bertz CT molecular complexity index is 882. The summed E-state index contributed by atoms with van der Waals surface area (Å²) in [6.07, 6.45) is 0.662. The SMILES string of the molecule is COc1ccc([C@@H]2Oc3c(Br)cc(Br)cc3C=C2[N+](=O)[O-])cc1OC. The quantitative estimate of drug-likeness (QED) is 0.465. The molecule has 2 aromatic carbocycles. The van der Waals surface area contributed by atoms with Crippen LogP contribution in [0, 0.1) is 10.1 Å². The van der Waals surface area contributed by atoms with Crippen LogP contribution in [-0.4, -0.2) is 19.1 Å². The summed E-state index contributed by atoms with van der Waals surface area (Å²) in [4.78, 5) is 11.1. The van der Waals surface area contributed by atoms with Crippen LogP contribution in [0.4, 0.5) is 0 Å². The smallest absolute Gasteiger partial charge is 0.291 e. The van der Waals surface area contributed by atoms with E-state index in [4.69, 9.17) is 14.2 Å². The zero-order valence-electron chi connectivity index (χ0n) is 13.3. The van der Waals surface area contributed by atoms with Crippen molar-refractivity contribution in [3.63, 3.8) is 0 Å². The largest absolute Gasteiger partial charge is 0.493 e. The lowest BCUT2D eigenvalue weighted by Crippen LogP contribution is -2.20. The molecule has 1 heterocycles. The molecule has 1 aliphatic rings. The molecule has 0 saturated carbocycles. The molecular weight excluding hydrogens is 458 g/mol. The average molecular weight is 471 g/mol. The summed E-state index contributed by atoms with van der Waals surface area (Å²) < 4.78 is 18.0. The maximum Gasteiger partial charge on any atom is 0.291 e. The Morgan fingerprint density at radius 1 is 1.12 bits per heavy atom. The van der Waals surface area contributed by atoms with Crippen LogP contribution in [0.2, 0.25) is 0 Å². The standard InChI is InChI=1S/C17H13Br2NO5/c1-23-14-4-3-9(7-15(14)24-2)17-13(20(21)22)6-10-5-11(18)8-12(19)16(10)25-17/h3-8,17H,1-2H3/t17-/m0/s1. The first-order valence-corrected chi connectivity index (χ1v) is 8.76. The highest BCUT2D eigenvalue weighted by molar-refractivity contribution is 9.11. The third-order valence-corrected chi connectivity index (χ3v) is 4.81. The van der Waals surface area contributed by atoms with Gasteiger partial charge in [-0.15, -0.1) is 0 Å². The van der Waals surface area contributed by atoms with Gasteiger partial charge in [0, 0.05) is 21.7 Å². The van der Waals surface area contributed by atoms with Crippen LogP contribution in [0.25, 0.3) is 6.08 Å². The molecule has 6 nitrogen and oxygen atoms in total. The number of nitrogens with zero attached hydrogens (tertiary/aromatic N) is 1. The lowest BCUT2D eigenvalue weighted by molar-refractivity contribution is -0.434. The zero-order valence-corrected chi connectivity index (χ0v) is 16.5. The van der Waals surface area contributed by atoms with Gasteiger partial charge in [-0.2, -0.15) is 0 Å². The van der Waals surface area contributed by atoms with Crippen molar-refractivity contribution in [3.05, 3.63) is 66.2 Å². The molecule has 2 aromatic rings. The fourth-order valence-electron chi connectivity index (χ4n) is 2.63. The molecule has 0 spiro atoms. The van der Waals surface area contributed by atoms with Crippen LogP contribution >= 0.6 is 31.9 Å². The molecule has 0 bridgehead atoms. The van der Waals surface area contributed by atoms with Gasteiger partial charge in [-0.05, 0) is 40.2 Å². The number of hydrogen-bond acceptors (Lipinski definition) is 5. The van der Waals surface area contributed by atoms with Crippen LogP contribution in [0.3, 0.4) is 0 Å². The molecule has 0 radical (unpaired) electrons. The van der Waals surface area contributed by atoms with Crippen LogP contribution in [0.5, 0.6) is 17.2 Å². The van der Waals surface area contributed by atoms with E-state index >= 15 is 0 Å². The fourth-order valence-corrected chi connectivity index (χ4v) is 3.98. The van der Waals surface area contributed by atoms with Gasteiger partial charge in [0.25, 0.3) is 5.70 Å². The Hall–Kier alpha value is -2.06. The first-order valence-electron chi connectivity index (χ1n) is 7.18. The number of rotatable bonds is 4. The van der Waals surface area contributed by atoms with Crippen molar-refractivity contribution < 1.29 is 19.1 Å². The van der Waals surface area contributed by atoms with E-state index in [1.54, 1.807) is 24.3 Å². The molecular formula is C17H13Br2NO5. The van der Waals surface area contributed by atoms with E-state index in [2.05, 4.69) is 31.9 Å². The van der Waals surface area contributed by atoms with Crippen molar-refractivity contribution in [1.29, 1.82) is 0 Å². The molecule has 1 atom stereocenters. The first-order chi connectivity index (χ1) is 11.9. The Labute approximate surface area is 160 Å². The molecule has 0 unspecified atom stereocenters. The van der Waals surface area contributed by atoms with Crippen molar-refractivity contribution >= 4 is 37.9 Å². The average Bonchev–Trinajstić information content (AvgIpc) is 2.59. The van der Waals surface area contributed by atoms with Crippen LogP contribution in [0.15, 0.2) is 45.0 Å². The highest BCUT2D eigenvalue weighted by Gasteiger charge is 2.34. The van der Waals surface area contributed by atoms with E-state index in [0.717, 1.165) is 4.47 Å². The number of methoxy groups -OCH3 is 2. The van der Waals surface area contributed by atoms with E-state index in [0.29, 0.717) is 32.8 Å². The molecule has 0 amide bonds. The van der Waals surface area contributed by atoms with Gasteiger partial charge in [0.1, 0.15) is 5.75 Å². The summed E-state index contributed by atoms with van der Waals surface area (Å²) in [6, 6.07) is 8.70. The maximum atomic E-state index is 11.6. The molecule has 25 heavy (non-hydrogen) atoms. The summed E-state index contributed by atoms with van der Waals surface area (Å²) in [5, 5.41) is 11.6. The number of hydrogen-bond donors (Lipinski definition) is 0. The molecule has 0 saturated heterocycles. The number of nitro groups is 1. The van der Waals surface area contributed by atoms with Gasteiger partial charge < -0.3 is 14.2 Å². The summed E-state index contributed by atoms with van der Waals surface area (Å²) in [6.45, 7) is 0. The van der Waals surface area contributed by atoms with Crippen molar-refractivity contribution in [2.75, 3.05) is 14.2 Å². The summed E-state index contributed by atoms with van der Waals surface area (Å²) >= 11 is 6.82. The van der Waals surface area contributed by atoms with Gasteiger partial charge >= 0.3 is 0 Å². The molecule has 130 valence electrons. The first kappa shape index (κ1) is 17.8. The van der Waals surface area contributed by atoms with Crippen LogP contribution < -0.4 is 14.2 Å². The Morgan fingerprint density at radius 3 is 2.48 bits per heavy atom. The van der Waals surface area contributed by atoms with Crippen molar-refractivity contribution in [1.82, 2.24) is 0 Å². The van der Waals surface area contributed by atoms with Crippen LogP contribution in [0.1, 0.15) is 17.2 Å². The fraction of sp³-hybridized carbons (Fsp3) is 0.176. The van der Waals surface area contributed by atoms with Crippen molar-refractivity contribution in [3.8, 4) is 17.2 Å². The second-order valence-corrected chi connectivity index (χ2v) is 7.01. The predicted octanol–water partition coefficient (Wildman–Crippen LogP) is 4.98. The Balaban J connectivity index is 2.12. The van der Waals surface area contributed by atoms with Gasteiger partial charge in [0.15, 0.2) is 11.5 Å². The van der Waals surface area contributed by atoms with Gasteiger partial charge in [0.05, 0.1) is 23.6 Å². The van der Waals surface area contributed by atoms with E-state index in [1.165, 1.54) is 20.3 Å². The lowest BCUT2D eigenvalue weighted by atomic mass is 10.0. The van der Waals surface area contributed by atoms with Gasteiger partial charge in [0.2, 0.25) is 6.10 Å². The minimum absolute atomic E-state index is 0.0512. The Morgan fingerprint density at radius 2 is 1.84 bits per heavy atom. The van der Waals surface area contributed by atoms with Crippen LogP contribution in [-0.2, 0) is 0 Å². The number of halogens is 2. The summed E-state index contributed by atoms with van der Waals surface area (Å²) in [7, 11) is 3.04. The predicted molar refractivity (Wildman–Crippen MR) is 99.7 cm³/mol. The normalized spacial score (nSPS) is 15.7. The molecule has 8 heteroatoms. The molecule has 0 N–H and O–H groups in total. The second-order valence-electron chi connectivity index (χ2n) is 5.24. The highest BCUT2D eigenvalue weighted by atomic mass is 79.9. The van der Waals surface area contributed by atoms with Crippen molar-refractivity contribution in [2.45, 2.75) is 6.10 Å². The molecule has 0 fully saturated rings. The van der Waals surface area contributed by atoms with E-state index < -0.39 is 11.0 Å². The molecule has 0 aromatic heterocycles. The minimum atomic E-state index is -0.861. The minimum Gasteiger partial charge on any atom is -0.493 e. The van der Waals surface area contributed by atoms with Crippen molar-refractivity contribution in [2.24, 2.45) is 0 Å². The van der Waals surface area contributed by atoms with Gasteiger partial charge in [-0.1, -0.05) is 22.0 Å². The van der Waals surface area contributed by atoms with E-state index in [1.807, 2.05) is 6.07 Å². The summed E-state index contributed by atoms with van der Waals surface area (Å²) in [5.74, 6) is 1.57. The second kappa shape index (κ2) is 7.05. The van der Waals surface area contributed by atoms with E-state index in [9.17, 15) is 10.1 Å². The monoisotopic (exact) mass is 469 g/mol.